The molecule has 3 N–H and O–H groups in total. The second kappa shape index (κ2) is 10.4. The summed E-state index contributed by atoms with van der Waals surface area (Å²) in [6.07, 6.45) is 0.485. The van der Waals surface area contributed by atoms with Crippen LogP contribution in [0.25, 0.3) is 11.1 Å². The number of ether oxygens (including phenoxy) is 2. The van der Waals surface area contributed by atoms with Crippen LogP contribution in [0.2, 0.25) is 0 Å². The Labute approximate surface area is 194 Å². The molecule has 0 fully saturated rings. The van der Waals surface area contributed by atoms with E-state index in [1.807, 2.05) is 36.4 Å². The van der Waals surface area contributed by atoms with Crippen molar-refractivity contribution in [2.75, 3.05) is 6.61 Å². The zero-order valence-electron chi connectivity index (χ0n) is 19.3. The summed E-state index contributed by atoms with van der Waals surface area (Å²) in [6.45, 7) is 7.07. The number of nitrogens with one attached hydrogen (secondary N) is 3. The van der Waals surface area contributed by atoms with Crippen molar-refractivity contribution in [2.24, 2.45) is 0 Å². The van der Waals surface area contributed by atoms with Crippen LogP contribution in [-0.4, -0.2) is 36.3 Å². The fourth-order valence-corrected chi connectivity index (χ4v) is 3.75. The summed E-state index contributed by atoms with van der Waals surface area (Å²) in [5, 5.41) is 2.50. The molecule has 0 unspecified atom stereocenters. The molecule has 3 amide bonds. The molecule has 8 heteroatoms. The molecule has 1 aliphatic carbocycles. The van der Waals surface area contributed by atoms with Crippen molar-refractivity contribution in [3.8, 4) is 11.1 Å². The molecule has 0 spiro atoms. The Morgan fingerprint density at radius 2 is 1.52 bits per heavy atom. The Morgan fingerprint density at radius 3 is 2.06 bits per heavy atom. The molecular weight excluding hydrogens is 422 g/mol. The number of alkyl carbamates (subject to hydrolysis) is 1. The van der Waals surface area contributed by atoms with E-state index in [2.05, 4.69) is 28.3 Å². The second-order valence-electron chi connectivity index (χ2n) is 8.78. The SMILES string of the molecule is C[CH]C[C@@H](NC(=O)OC(C)(C)C)C(=O)NNC(=O)OCC1c2ccccc2-c2ccccc21. The van der Waals surface area contributed by atoms with Crippen LogP contribution < -0.4 is 16.2 Å². The molecule has 1 radical (unpaired) electrons. The zero-order chi connectivity index (χ0) is 24.0. The second-order valence-corrected chi connectivity index (χ2v) is 8.78. The van der Waals surface area contributed by atoms with Crippen LogP contribution in [0.4, 0.5) is 9.59 Å². The van der Waals surface area contributed by atoms with Gasteiger partial charge in [0.1, 0.15) is 18.2 Å². The largest absolute Gasteiger partial charge is 0.447 e. The number of amides is 3. The first kappa shape index (κ1) is 24.1. The Morgan fingerprint density at radius 1 is 0.939 bits per heavy atom. The van der Waals surface area contributed by atoms with Gasteiger partial charge in [-0.05, 0) is 55.9 Å². The number of hydrazine groups is 1. The van der Waals surface area contributed by atoms with Crippen molar-refractivity contribution in [1.29, 1.82) is 0 Å². The lowest BCUT2D eigenvalue weighted by atomic mass is 9.98. The van der Waals surface area contributed by atoms with E-state index in [9.17, 15) is 14.4 Å². The third-order valence-electron chi connectivity index (χ3n) is 5.11. The van der Waals surface area contributed by atoms with E-state index in [0.717, 1.165) is 22.3 Å². The average Bonchev–Trinajstić information content (AvgIpc) is 3.08. The minimum Gasteiger partial charge on any atom is -0.447 e. The number of carbonyl (C=O) groups is 3. The first-order chi connectivity index (χ1) is 15.7. The molecule has 2 aromatic rings. The minimum atomic E-state index is -0.904. The monoisotopic (exact) mass is 452 g/mol. The van der Waals surface area contributed by atoms with Gasteiger partial charge < -0.3 is 14.8 Å². The number of benzene rings is 2. The van der Waals surface area contributed by atoms with Crippen LogP contribution in [0.5, 0.6) is 0 Å². The third kappa shape index (κ3) is 6.25. The first-order valence-corrected chi connectivity index (χ1v) is 10.9. The van der Waals surface area contributed by atoms with Gasteiger partial charge >= 0.3 is 12.2 Å². The maximum absolute atomic E-state index is 12.5. The summed E-state index contributed by atoms with van der Waals surface area (Å²) in [7, 11) is 0. The molecule has 175 valence electrons. The molecule has 0 aliphatic heterocycles. The van der Waals surface area contributed by atoms with Crippen LogP contribution in [0.15, 0.2) is 48.5 Å². The first-order valence-electron chi connectivity index (χ1n) is 10.9. The van der Waals surface area contributed by atoms with Gasteiger partial charge in [0.2, 0.25) is 0 Å². The van der Waals surface area contributed by atoms with Crippen molar-refractivity contribution in [3.05, 3.63) is 66.1 Å². The van der Waals surface area contributed by atoms with Crippen LogP contribution in [0, 0.1) is 6.42 Å². The van der Waals surface area contributed by atoms with Gasteiger partial charge in [0, 0.05) is 5.92 Å². The molecule has 0 aromatic heterocycles. The van der Waals surface area contributed by atoms with Gasteiger partial charge in [-0.25, -0.2) is 15.0 Å². The van der Waals surface area contributed by atoms with Gasteiger partial charge in [-0.2, -0.15) is 0 Å². The van der Waals surface area contributed by atoms with Gasteiger partial charge in [-0.3, -0.25) is 10.2 Å². The van der Waals surface area contributed by atoms with Crippen molar-refractivity contribution in [2.45, 2.75) is 51.7 Å². The standard InChI is InChI=1S/C25H30N3O5/c1-5-10-21(26-23(30)33-25(2,3)4)22(29)27-28-24(31)32-15-20-18-13-8-6-11-16(18)17-12-7-9-14-19(17)20/h5-9,11-14,20-21H,10,15H2,1-4H3,(H,26,30)(H,27,29)(H,28,31)/t21-/m1/s1. The predicted molar refractivity (Wildman–Crippen MR) is 124 cm³/mol. The number of rotatable bonds is 6. The lowest BCUT2D eigenvalue weighted by molar-refractivity contribution is -0.124. The molecule has 33 heavy (non-hydrogen) atoms. The Kier molecular flexibility index (Phi) is 7.58. The zero-order valence-corrected chi connectivity index (χ0v) is 19.3. The molecule has 0 saturated carbocycles. The van der Waals surface area contributed by atoms with Gasteiger partial charge in [0.05, 0.1) is 0 Å². The van der Waals surface area contributed by atoms with E-state index < -0.39 is 29.7 Å². The molecule has 2 aromatic carbocycles. The van der Waals surface area contributed by atoms with Crippen LogP contribution in [-0.2, 0) is 14.3 Å². The molecule has 0 heterocycles. The Hall–Kier alpha value is -3.55. The Bertz CT molecular complexity index is 970. The van der Waals surface area contributed by atoms with E-state index in [1.54, 1.807) is 34.1 Å². The molecule has 1 aliphatic rings. The van der Waals surface area contributed by atoms with Crippen molar-refractivity contribution in [3.63, 3.8) is 0 Å². The summed E-state index contributed by atoms with van der Waals surface area (Å²) in [4.78, 5) is 36.7. The molecule has 1 atom stereocenters. The topological polar surface area (TPSA) is 106 Å². The number of fused-ring (bicyclic) bond motifs is 3. The highest BCUT2D eigenvalue weighted by atomic mass is 16.6. The highest BCUT2D eigenvalue weighted by molar-refractivity contribution is 5.87. The fraction of sp³-hybridized carbons (Fsp3) is 0.360. The van der Waals surface area contributed by atoms with E-state index in [1.165, 1.54) is 0 Å². The minimum absolute atomic E-state index is 0.0878. The highest BCUT2D eigenvalue weighted by Crippen LogP contribution is 2.44. The van der Waals surface area contributed by atoms with Crippen molar-refractivity contribution >= 4 is 18.1 Å². The van der Waals surface area contributed by atoms with E-state index in [4.69, 9.17) is 9.47 Å². The molecule has 3 rings (SSSR count). The maximum atomic E-state index is 12.5. The third-order valence-corrected chi connectivity index (χ3v) is 5.11. The van der Waals surface area contributed by atoms with Crippen LogP contribution >= 0.6 is 0 Å². The predicted octanol–water partition coefficient (Wildman–Crippen LogP) is 4.06. The summed E-state index contributed by atoms with van der Waals surface area (Å²) in [5.41, 5.74) is 8.29. The van der Waals surface area contributed by atoms with Gasteiger partial charge in [0.15, 0.2) is 0 Å². The molecular formula is C25H30N3O5. The summed E-state index contributed by atoms with van der Waals surface area (Å²) < 4.78 is 10.6. The van der Waals surface area contributed by atoms with E-state index in [-0.39, 0.29) is 18.9 Å². The normalized spacial score (nSPS) is 13.3. The van der Waals surface area contributed by atoms with Gasteiger partial charge in [-0.15, -0.1) is 0 Å². The molecule has 0 bridgehead atoms. The molecule has 0 saturated heterocycles. The lowest BCUT2D eigenvalue weighted by Crippen LogP contribution is -2.53. The van der Waals surface area contributed by atoms with E-state index >= 15 is 0 Å². The quantitative estimate of drug-likeness (QED) is 0.573. The number of hydrogen-bond donors (Lipinski definition) is 3. The van der Waals surface area contributed by atoms with Crippen LogP contribution in [0.3, 0.4) is 0 Å². The summed E-state index contributed by atoms with van der Waals surface area (Å²) in [5.74, 6) is -0.678. The van der Waals surface area contributed by atoms with Crippen molar-refractivity contribution in [1.82, 2.24) is 16.2 Å². The van der Waals surface area contributed by atoms with Crippen molar-refractivity contribution < 1.29 is 23.9 Å². The molecule has 8 nitrogen and oxygen atoms in total. The van der Waals surface area contributed by atoms with Gasteiger partial charge in [0.25, 0.3) is 5.91 Å². The maximum Gasteiger partial charge on any atom is 0.426 e. The number of carbonyl (C=O) groups excluding carboxylic acids is 3. The highest BCUT2D eigenvalue weighted by Gasteiger charge is 2.29. The van der Waals surface area contributed by atoms with Gasteiger partial charge in [-0.1, -0.05) is 55.5 Å². The smallest absolute Gasteiger partial charge is 0.426 e. The Balaban J connectivity index is 1.53. The lowest BCUT2D eigenvalue weighted by Gasteiger charge is -2.23. The van der Waals surface area contributed by atoms with Crippen LogP contribution in [0.1, 0.15) is 51.2 Å². The van der Waals surface area contributed by atoms with E-state index in [0.29, 0.717) is 0 Å². The summed E-state index contributed by atoms with van der Waals surface area (Å²) >= 11 is 0. The fourth-order valence-electron chi connectivity index (χ4n) is 3.75. The average molecular weight is 453 g/mol. The number of hydrogen-bond acceptors (Lipinski definition) is 5. The summed E-state index contributed by atoms with van der Waals surface area (Å²) in [6, 6.07) is 15.1.